The summed E-state index contributed by atoms with van der Waals surface area (Å²) in [7, 11) is 1.42. The molecule has 0 saturated carbocycles. The molecule has 1 aromatic rings. The first-order valence-corrected chi connectivity index (χ1v) is 5.92. The molecule has 2 atom stereocenters. The van der Waals surface area contributed by atoms with Crippen LogP contribution in [-0.4, -0.2) is 19.1 Å². The molecule has 0 aliphatic carbocycles. The molecular weight excluding hydrogens is 214 g/mol. The summed E-state index contributed by atoms with van der Waals surface area (Å²) in [6.45, 7) is 6.17. The molecule has 2 unspecified atom stereocenters. The van der Waals surface area contributed by atoms with Crippen LogP contribution in [0, 0.1) is 6.92 Å². The highest BCUT2D eigenvalue weighted by Gasteiger charge is 2.12. The fourth-order valence-electron chi connectivity index (χ4n) is 1.85. The summed E-state index contributed by atoms with van der Waals surface area (Å²) in [4.78, 5) is 11.1. The van der Waals surface area contributed by atoms with E-state index in [1.807, 2.05) is 13.0 Å². The Morgan fingerprint density at radius 3 is 2.71 bits per heavy atom. The molecule has 1 aromatic carbocycles. The maximum atomic E-state index is 11.1. The third kappa shape index (κ3) is 4.57. The van der Waals surface area contributed by atoms with Crippen LogP contribution in [-0.2, 0) is 9.53 Å². The quantitative estimate of drug-likeness (QED) is 0.797. The molecular formula is C14H21NO2. The number of methoxy groups -OCH3 is 1. The topological polar surface area (TPSA) is 38.3 Å². The van der Waals surface area contributed by atoms with E-state index in [2.05, 4.69) is 42.1 Å². The Bertz CT molecular complexity index is 376. The molecule has 0 saturated heterocycles. The highest BCUT2D eigenvalue weighted by molar-refractivity contribution is 5.69. The summed E-state index contributed by atoms with van der Waals surface area (Å²) < 4.78 is 4.65. The molecule has 0 bridgehead atoms. The first-order valence-electron chi connectivity index (χ1n) is 5.92. The predicted molar refractivity (Wildman–Crippen MR) is 68.8 cm³/mol. The highest BCUT2D eigenvalue weighted by Crippen LogP contribution is 2.14. The van der Waals surface area contributed by atoms with Crippen LogP contribution < -0.4 is 5.32 Å². The normalized spacial score (nSPS) is 14.1. The van der Waals surface area contributed by atoms with Crippen LogP contribution in [0.5, 0.6) is 0 Å². The Hall–Kier alpha value is -1.35. The average Bonchev–Trinajstić information content (AvgIpc) is 2.28. The third-order valence-corrected chi connectivity index (χ3v) is 2.78. The number of ether oxygens (including phenoxy) is 1. The van der Waals surface area contributed by atoms with Crippen molar-refractivity contribution in [3.05, 3.63) is 35.4 Å². The Morgan fingerprint density at radius 2 is 2.12 bits per heavy atom. The molecule has 0 spiro atoms. The van der Waals surface area contributed by atoms with E-state index in [4.69, 9.17) is 0 Å². The van der Waals surface area contributed by atoms with Crippen molar-refractivity contribution in [2.24, 2.45) is 0 Å². The number of hydrogen-bond acceptors (Lipinski definition) is 3. The van der Waals surface area contributed by atoms with Crippen LogP contribution in [0.3, 0.4) is 0 Å². The molecule has 0 aliphatic heterocycles. The van der Waals surface area contributed by atoms with Gasteiger partial charge in [0.25, 0.3) is 0 Å². The van der Waals surface area contributed by atoms with Gasteiger partial charge in [-0.2, -0.15) is 0 Å². The summed E-state index contributed by atoms with van der Waals surface area (Å²) in [6.07, 6.45) is 0.395. The molecule has 3 nitrogen and oxygen atoms in total. The lowest BCUT2D eigenvalue weighted by Gasteiger charge is -2.19. The van der Waals surface area contributed by atoms with Gasteiger partial charge in [-0.1, -0.05) is 29.8 Å². The highest BCUT2D eigenvalue weighted by atomic mass is 16.5. The second-order valence-corrected chi connectivity index (χ2v) is 4.48. The van der Waals surface area contributed by atoms with E-state index in [1.54, 1.807) is 0 Å². The summed E-state index contributed by atoms with van der Waals surface area (Å²) in [5.74, 6) is -0.179. The Morgan fingerprint density at radius 1 is 1.41 bits per heavy atom. The maximum absolute atomic E-state index is 11.1. The summed E-state index contributed by atoms with van der Waals surface area (Å²) in [5.41, 5.74) is 2.48. The second-order valence-electron chi connectivity index (χ2n) is 4.48. The number of carbonyl (C=O) groups is 1. The molecule has 0 aromatic heterocycles. The van der Waals surface area contributed by atoms with E-state index in [0.29, 0.717) is 6.42 Å². The lowest BCUT2D eigenvalue weighted by atomic mass is 10.0. The molecule has 0 heterocycles. The van der Waals surface area contributed by atoms with Gasteiger partial charge in [-0.3, -0.25) is 4.79 Å². The maximum Gasteiger partial charge on any atom is 0.307 e. The lowest BCUT2D eigenvalue weighted by Crippen LogP contribution is -2.31. The molecule has 17 heavy (non-hydrogen) atoms. The first-order chi connectivity index (χ1) is 8.02. The monoisotopic (exact) mass is 235 g/mol. The second kappa shape index (κ2) is 6.40. The first kappa shape index (κ1) is 13.7. The molecule has 94 valence electrons. The van der Waals surface area contributed by atoms with Gasteiger partial charge in [0, 0.05) is 12.1 Å². The fraction of sp³-hybridized carbons (Fsp3) is 0.500. The number of aryl methyl sites for hydroxylation is 1. The zero-order chi connectivity index (χ0) is 12.8. The molecule has 0 amide bonds. The van der Waals surface area contributed by atoms with Gasteiger partial charge in [-0.05, 0) is 26.3 Å². The van der Waals surface area contributed by atoms with Crippen LogP contribution in [0.1, 0.15) is 37.4 Å². The van der Waals surface area contributed by atoms with E-state index in [1.165, 1.54) is 18.2 Å². The zero-order valence-corrected chi connectivity index (χ0v) is 11.0. The van der Waals surface area contributed by atoms with E-state index in [0.717, 1.165) is 0 Å². The van der Waals surface area contributed by atoms with Crippen molar-refractivity contribution in [1.82, 2.24) is 5.32 Å². The number of nitrogens with one attached hydrogen (secondary N) is 1. The van der Waals surface area contributed by atoms with Gasteiger partial charge in [-0.15, -0.1) is 0 Å². The molecule has 1 rings (SSSR count). The van der Waals surface area contributed by atoms with Crippen LogP contribution in [0.2, 0.25) is 0 Å². The van der Waals surface area contributed by atoms with E-state index < -0.39 is 0 Å². The predicted octanol–water partition coefficient (Wildman–Crippen LogP) is 2.60. The Kier molecular flexibility index (Phi) is 5.16. The van der Waals surface area contributed by atoms with Crippen molar-refractivity contribution >= 4 is 5.97 Å². The van der Waals surface area contributed by atoms with Crippen LogP contribution in [0.25, 0.3) is 0 Å². The molecule has 0 fully saturated rings. The minimum absolute atomic E-state index is 0.109. The van der Waals surface area contributed by atoms with Crippen LogP contribution in [0.15, 0.2) is 24.3 Å². The third-order valence-electron chi connectivity index (χ3n) is 2.78. The van der Waals surface area contributed by atoms with E-state index in [-0.39, 0.29) is 18.1 Å². The summed E-state index contributed by atoms with van der Waals surface area (Å²) in [6, 6.07) is 8.72. The number of benzene rings is 1. The smallest absolute Gasteiger partial charge is 0.307 e. The Balaban J connectivity index is 2.54. The van der Waals surface area contributed by atoms with Crippen molar-refractivity contribution in [3.63, 3.8) is 0 Å². The van der Waals surface area contributed by atoms with Gasteiger partial charge in [0.1, 0.15) is 0 Å². The van der Waals surface area contributed by atoms with Crippen LogP contribution in [0.4, 0.5) is 0 Å². The average molecular weight is 235 g/mol. The molecule has 1 N–H and O–H groups in total. The van der Waals surface area contributed by atoms with Crippen LogP contribution >= 0.6 is 0 Å². The summed E-state index contributed by atoms with van der Waals surface area (Å²) >= 11 is 0. The van der Waals surface area contributed by atoms with Crippen molar-refractivity contribution in [1.29, 1.82) is 0 Å². The number of esters is 1. The van der Waals surface area contributed by atoms with Gasteiger partial charge < -0.3 is 10.1 Å². The van der Waals surface area contributed by atoms with Gasteiger partial charge in [0.05, 0.1) is 13.5 Å². The van der Waals surface area contributed by atoms with Gasteiger partial charge in [0.15, 0.2) is 0 Å². The number of rotatable bonds is 5. The molecule has 0 aliphatic rings. The van der Waals surface area contributed by atoms with Crippen molar-refractivity contribution in [2.75, 3.05) is 7.11 Å². The van der Waals surface area contributed by atoms with Gasteiger partial charge in [0.2, 0.25) is 0 Å². The molecule has 3 heteroatoms. The lowest BCUT2D eigenvalue weighted by molar-refractivity contribution is -0.141. The minimum Gasteiger partial charge on any atom is -0.469 e. The molecule has 0 radical (unpaired) electrons. The largest absolute Gasteiger partial charge is 0.469 e. The van der Waals surface area contributed by atoms with E-state index in [9.17, 15) is 4.79 Å². The standard InChI is InChI=1S/C14H21NO2/c1-10-6-5-7-13(8-10)12(3)15-11(2)9-14(16)17-4/h5-8,11-12,15H,9H2,1-4H3. The SMILES string of the molecule is COC(=O)CC(C)NC(C)c1cccc(C)c1. The number of hydrogen-bond donors (Lipinski definition) is 1. The summed E-state index contributed by atoms with van der Waals surface area (Å²) in [5, 5.41) is 3.39. The van der Waals surface area contributed by atoms with Crippen molar-refractivity contribution in [2.45, 2.75) is 39.3 Å². The van der Waals surface area contributed by atoms with Crippen molar-refractivity contribution < 1.29 is 9.53 Å². The zero-order valence-electron chi connectivity index (χ0n) is 11.0. The number of carbonyl (C=O) groups excluding carboxylic acids is 1. The van der Waals surface area contributed by atoms with Gasteiger partial charge >= 0.3 is 5.97 Å². The minimum atomic E-state index is -0.179. The Labute approximate surface area is 103 Å². The van der Waals surface area contributed by atoms with Gasteiger partial charge in [-0.25, -0.2) is 0 Å². The fourth-order valence-corrected chi connectivity index (χ4v) is 1.85. The van der Waals surface area contributed by atoms with E-state index >= 15 is 0 Å². The van der Waals surface area contributed by atoms with Crippen molar-refractivity contribution in [3.8, 4) is 0 Å².